The van der Waals surface area contributed by atoms with Crippen LogP contribution in [-0.2, 0) is 72.7 Å². The van der Waals surface area contributed by atoms with Gasteiger partial charge < -0.3 is 130 Å². The molecule has 58 heteroatoms. The molecule has 8 aromatic rings. The first kappa shape index (κ1) is 104. The molecule has 4 aromatic carbocycles. The van der Waals surface area contributed by atoms with Crippen molar-refractivity contribution in [1.29, 1.82) is 0 Å². The SMILES string of the molecule is Nc1nc2c(c(C#CCNC(=O)CCCCCNC(=O)c3ccc(-c4c5ccc(=O)cc-5oc5cc(O)ccc45)c(C(=O)O)c3)cn2[C@H]2C[C@H](O)[C@@H](COP(=O)(O)OP(=O)(O)OP(=O)(O)O)O2)c(=O)[nH]1.Nc1nc2c(c(C#CCNC(=O)CCCCCNC(=O)c3ccc(C(=O)O)c(-c4c5ccc(=O)cc-5oc5cc(O)ccc45)c3)cn2[C@H]2C[C@H](O)[C@@H](COP(=O)(O)OP(=O)(O)OP(=O)(O)O)O2)c(=O)[nH]1. The van der Waals surface area contributed by atoms with Crippen molar-refractivity contribution in [2.24, 2.45) is 0 Å². The lowest BCUT2D eigenvalue weighted by molar-refractivity contribution is -0.121. The number of aromatic nitrogens is 6. The molecule has 24 N–H and O–H groups in total. The van der Waals surface area contributed by atoms with Gasteiger partial charge in [0, 0.05) is 120 Å². The van der Waals surface area contributed by atoms with Crippen LogP contribution in [0.3, 0.4) is 0 Å². The number of nitrogens with one attached hydrogen (secondary N) is 6. The smallest absolute Gasteiger partial charge is 0.490 e. The van der Waals surface area contributed by atoms with Crippen LogP contribution < -0.4 is 54.7 Å². The van der Waals surface area contributed by atoms with E-state index in [4.69, 9.17) is 49.3 Å². The Kier molecular flexibility index (Phi) is 32.3. The molecular weight excluding hydrogens is 1980 g/mol. The molecule has 2 fully saturated rings. The van der Waals surface area contributed by atoms with Crippen molar-refractivity contribution in [3.8, 4) is 80.1 Å². The van der Waals surface area contributed by atoms with Crippen molar-refractivity contribution < 1.29 is 171 Å². The first-order valence-corrected chi connectivity index (χ1v) is 50.3. The van der Waals surface area contributed by atoms with Gasteiger partial charge in [-0.2, -0.15) is 27.2 Å². The van der Waals surface area contributed by atoms with Crippen molar-refractivity contribution >= 4 is 138 Å². The van der Waals surface area contributed by atoms with Gasteiger partial charge in [0.15, 0.2) is 22.2 Å². The lowest BCUT2D eigenvalue weighted by Crippen LogP contribution is -2.26. The molecule has 740 valence electrons. The van der Waals surface area contributed by atoms with Crippen molar-refractivity contribution in [1.82, 2.24) is 50.3 Å². The number of carbonyl (C=O) groups is 6. The number of phosphoric acid groups is 6. The van der Waals surface area contributed by atoms with Crippen molar-refractivity contribution in [3.63, 3.8) is 0 Å². The normalized spacial score (nSPS) is 17.7. The number of aliphatic hydroxyl groups excluding tert-OH is 2. The first-order valence-electron chi connectivity index (χ1n) is 41.2. The zero-order valence-corrected chi connectivity index (χ0v) is 77.2. The third-order valence-corrected chi connectivity index (χ3v) is 28.5. The van der Waals surface area contributed by atoms with Crippen LogP contribution in [0.2, 0.25) is 0 Å². The van der Waals surface area contributed by atoms with Gasteiger partial charge in [-0.3, -0.25) is 57.4 Å². The number of carbonyl (C=O) groups excluding carboxylic acids is 4. The molecule has 10 atom stereocenters. The minimum absolute atomic E-state index is 0.0353. The van der Waals surface area contributed by atoms with Crippen LogP contribution in [0.15, 0.2) is 150 Å². The van der Waals surface area contributed by atoms with E-state index in [0.717, 1.165) is 0 Å². The average Bonchev–Trinajstić information content (AvgIpc) is 1.08. The summed E-state index contributed by atoms with van der Waals surface area (Å²) in [6.07, 6.45) is -2.43. The van der Waals surface area contributed by atoms with Crippen molar-refractivity contribution in [2.75, 3.05) is 50.9 Å². The Morgan fingerprint density at radius 3 is 1.30 bits per heavy atom. The summed E-state index contributed by atoms with van der Waals surface area (Å²) in [7, 11) is -33.9. The number of anilines is 2. The maximum absolute atomic E-state index is 13.3. The molecular formula is C82H82N12O40P6. The predicted octanol–water partition coefficient (Wildman–Crippen LogP) is 6.08. The van der Waals surface area contributed by atoms with Crippen molar-refractivity contribution in [2.45, 2.75) is 101 Å². The molecule has 52 nitrogen and oxygen atoms in total. The molecule has 14 rings (SSSR count). The number of aromatic hydroxyl groups is 2. The maximum atomic E-state index is 13.3. The van der Waals surface area contributed by atoms with E-state index in [-0.39, 0.29) is 187 Å². The van der Waals surface area contributed by atoms with Gasteiger partial charge in [-0.25, -0.2) is 37.0 Å². The highest BCUT2D eigenvalue weighted by Crippen LogP contribution is 2.68. The van der Waals surface area contributed by atoms with E-state index < -0.39 is 132 Å². The number of rotatable bonds is 36. The number of unbranched alkanes of at least 4 members (excludes halogenated alkanes) is 4. The van der Waals surface area contributed by atoms with Crippen molar-refractivity contribution in [3.05, 3.63) is 196 Å². The fourth-order valence-corrected chi connectivity index (χ4v) is 21.0. The van der Waals surface area contributed by atoms with E-state index in [1.807, 2.05) is 0 Å². The molecule has 4 unspecified atom stereocenters. The molecule has 4 amide bonds. The largest absolute Gasteiger partial charge is 0.508 e. The molecule has 0 radical (unpaired) electrons. The molecule has 140 heavy (non-hydrogen) atoms. The highest BCUT2D eigenvalue weighted by Gasteiger charge is 2.46. The van der Waals surface area contributed by atoms with E-state index in [9.17, 15) is 126 Å². The number of benzene rings is 6. The fourth-order valence-electron chi connectivity index (χ4n) is 15.0. The number of aromatic amines is 2. The number of hydrogen-bond acceptors (Lipinski definition) is 34. The average molecular weight is 2060 g/mol. The van der Waals surface area contributed by atoms with Gasteiger partial charge >= 0.3 is 58.9 Å². The highest BCUT2D eigenvalue weighted by molar-refractivity contribution is 7.67. The maximum Gasteiger partial charge on any atom is 0.490 e. The van der Waals surface area contributed by atoms with Gasteiger partial charge in [-0.05, 0) is 116 Å². The Labute approximate surface area is 783 Å². The summed E-state index contributed by atoms with van der Waals surface area (Å²) in [5.74, 6) is 6.29. The summed E-state index contributed by atoms with van der Waals surface area (Å²) in [4.78, 5) is 213. The standard InChI is InChI=1S/2C41H41N6O20P3/c42-41-45-37-35(39(53)46-41)22(19-47(37)34-18-29(50)32(65-34)20-63-69(59,60)67-70(61,62)66-68(56,57)58)5-4-14-43-33(51)6-2-1-3-13-44-38(52)21-7-10-25(40(54)55)28(15-21)36-26-11-8-23(48)16-30(26)64-31-17-24(49)9-12-27(31)36;42-41-45-37-35(39(53)46-41)22(19-47(37)34-18-29(50)32(65-34)20-63-69(59,60)67-70(61,62)66-68(56,57)58)5-4-14-43-33(51)6-2-1-3-13-44-38(52)21-7-10-25(28(15-21)40(54)55)36-26-11-8-23(48)16-30(26)64-31-17-24(49)9-12-27(31)36/h2*7-12,15-17,19,29,32,34,48,50H,1-3,6,13-14,18,20H2,(H,43,51)(H,44,52)(H,54,55)(H,59,60)(H,61,62)(H2,56,57,58)(H3,42,45,46,53)/t2*29-,32+,34+/m00/s1. The lowest BCUT2D eigenvalue weighted by atomic mass is 9.89. The second-order valence-electron chi connectivity index (χ2n) is 30.9. The Bertz CT molecular complexity index is 7550. The van der Waals surface area contributed by atoms with Crippen LogP contribution >= 0.6 is 46.9 Å². The Morgan fingerprint density at radius 2 is 0.879 bits per heavy atom. The summed E-state index contributed by atoms with van der Waals surface area (Å²) in [6.45, 7) is -1.73. The number of carboxylic acids is 2. The molecule has 0 saturated carbocycles. The zero-order valence-electron chi connectivity index (χ0n) is 71.8. The van der Waals surface area contributed by atoms with E-state index in [0.29, 0.717) is 71.6 Å². The number of aliphatic hydroxyl groups is 2. The second-order valence-corrected chi connectivity index (χ2v) is 39.7. The van der Waals surface area contributed by atoms with Gasteiger partial charge in [-0.1, -0.05) is 42.6 Å². The number of phenolic OH excluding ortho intramolecular Hbond substituents is 2. The Hall–Kier alpha value is -13.1. The van der Waals surface area contributed by atoms with E-state index in [1.165, 1.54) is 119 Å². The monoisotopic (exact) mass is 2060 g/mol. The predicted molar refractivity (Wildman–Crippen MR) is 486 cm³/mol. The summed E-state index contributed by atoms with van der Waals surface area (Å²) >= 11 is 0. The fraction of sp³-hybridized carbons (Fsp3) is 0.268. The number of ether oxygens (including phenoxy) is 2. The summed E-state index contributed by atoms with van der Waals surface area (Å²) in [5.41, 5.74) is 12.1. The lowest BCUT2D eigenvalue weighted by Gasteiger charge is -2.19. The van der Waals surface area contributed by atoms with Gasteiger partial charge in [0.2, 0.25) is 23.7 Å². The number of nitrogens with two attached hydrogens (primary N) is 2. The minimum atomic E-state index is -5.80. The van der Waals surface area contributed by atoms with Crippen LogP contribution in [0.25, 0.3) is 88.9 Å². The third kappa shape index (κ3) is 26.5. The number of nitrogen functional groups attached to an aromatic ring is 2. The molecule has 8 heterocycles. The Morgan fingerprint density at radius 1 is 0.471 bits per heavy atom. The zero-order chi connectivity index (χ0) is 101. The number of carboxylic acid groups (broad SMARTS) is 2. The molecule has 4 aromatic heterocycles. The first-order chi connectivity index (χ1) is 65.9. The van der Waals surface area contributed by atoms with E-state index in [2.05, 4.69) is 91.2 Å². The van der Waals surface area contributed by atoms with E-state index >= 15 is 0 Å². The summed E-state index contributed by atoms with van der Waals surface area (Å²) in [6, 6.07) is 25.1. The van der Waals surface area contributed by atoms with Gasteiger partial charge in [-0.15, -0.1) is 0 Å². The van der Waals surface area contributed by atoms with Crippen LogP contribution in [0.1, 0.15) is 129 Å². The highest BCUT2D eigenvalue weighted by atomic mass is 31.3. The van der Waals surface area contributed by atoms with Crippen LogP contribution in [0, 0.1) is 23.7 Å². The Balaban J connectivity index is 0.000000236. The van der Waals surface area contributed by atoms with Crippen LogP contribution in [0.4, 0.5) is 11.9 Å². The molecule has 6 aliphatic rings. The van der Waals surface area contributed by atoms with Gasteiger partial charge in [0.05, 0.1) is 71.5 Å². The minimum Gasteiger partial charge on any atom is -0.508 e. The summed E-state index contributed by atoms with van der Waals surface area (Å²) in [5, 5.41) is 73.4. The number of amides is 4. The van der Waals surface area contributed by atoms with Gasteiger partial charge in [0.25, 0.3) is 22.9 Å². The number of aromatic carboxylic acids is 2. The quantitative estimate of drug-likeness (QED) is 0.00915. The molecule has 2 aliphatic carbocycles. The number of nitrogens with zero attached hydrogens (tertiary/aromatic N) is 4. The molecule has 0 spiro atoms. The summed E-state index contributed by atoms with van der Waals surface area (Å²) < 4.78 is 119. The van der Waals surface area contributed by atoms with Crippen LogP contribution in [-0.4, -0.2) is 198 Å². The molecule has 4 aliphatic heterocycles. The number of phosphoric ester groups is 2. The van der Waals surface area contributed by atoms with Gasteiger partial charge in [0.1, 0.15) is 58.8 Å². The number of fused-ring (bicyclic) bond motifs is 6. The second kappa shape index (κ2) is 43.3. The third-order valence-electron chi connectivity index (χ3n) is 20.9. The number of hydrogen-bond donors (Lipinski definition) is 22. The molecule has 0 bridgehead atoms. The van der Waals surface area contributed by atoms with E-state index in [1.54, 1.807) is 12.1 Å². The topological polar surface area (TPSA) is 824 Å². The van der Waals surface area contributed by atoms with Crippen LogP contribution in [0.5, 0.6) is 11.5 Å². The number of phenols is 2. The number of H-pyrrole nitrogens is 2. The molecule has 2 saturated heterocycles.